The van der Waals surface area contributed by atoms with Gasteiger partial charge in [0.25, 0.3) is 0 Å². The van der Waals surface area contributed by atoms with E-state index >= 15 is 0 Å². The highest BCUT2D eigenvalue weighted by Gasteiger charge is 2.27. The first kappa shape index (κ1) is 36.3. The number of hydrogen-bond donors (Lipinski definition) is 4. The van der Waals surface area contributed by atoms with Crippen LogP contribution in [0.4, 0.5) is 17.2 Å². The van der Waals surface area contributed by atoms with E-state index in [4.69, 9.17) is 30.4 Å². The van der Waals surface area contributed by atoms with Crippen LogP contribution in [0, 0.1) is 0 Å². The maximum Gasteiger partial charge on any atom is 0.328 e. The van der Waals surface area contributed by atoms with E-state index < -0.39 is 23.9 Å². The van der Waals surface area contributed by atoms with Gasteiger partial charge >= 0.3 is 23.9 Å². The minimum atomic E-state index is -1.26. The van der Waals surface area contributed by atoms with Crippen LogP contribution in [0.5, 0.6) is 0 Å². The molecule has 4 aromatic rings. The van der Waals surface area contributed by atoms with Gasteiger partial charge in [0.1, 0.15) is 5.69 Å². The Balaban J connectivity index is 0.000000325. The lowest BCUT2D eigenvalue weighted by Crippen LogP contribution is -2.33. The number of aliphatic imine (C=N–C) groups is 1. The fourth-order valence-electron chi connectivity index (χ4n) is 4.71. The number of aliphatic carboxylic acids is 4. The molecule has 4 N–H and O–H groups in total. The third-order valence-corrected chi connectivity index (χ3v) is 6.89. The van der Waals surface area contributed by atoms with Crippen LogP contribution in [0.25, 0.3) is 10.8 Å². The van der Waals surface area contributed by atoms with Crippen LogP contribution in [0.3, 0.4) is 0 Å². The van der Waals surface area contributed by atoms with E-state index in [0.29, 0.717) is 24.3 Å². The number of fused-ring (bicyclic) bond motifs is 4. The second-order valence-electron chi connectivity index (χ2n) is 9.93. The summed E-state index contributed by atoms with van der Waals surface area (Å²) in [7, 11) is 0. The first-order valence-electron chi connectivity index (χ1n) is 14.8. The Bertz CT molecular complexity index is 1770. The van der Waals surface area contributed by atoms with Crippen molar-refractivity contribution < 1.29 is 39.6 Å². The van der Waals surface area contributed by atoms with Gasteiger partial charge in [0.05, 0.1) is 11.4 Å². The second-order valence-corrected chi connectivity index (χ2v) is 9.93. The Kier molecular flexibility index (Phi) is 13.6. The summed E-state index contributed by atoms with van der Waals surface area (Å²) in [5, 5.41) is 33.7. The van der Waals surface area contributed by atoms with Crippen molar-refractivity contribution in [1.82, 2.24) is 14.9 Å². The van der Waals surface area contributed by atoms with Gasteiger partial charge < -0.3 is 30.2 Å². The quantitative estimate of drug-likeness (QED) is 0.167. The Morgan fingerprint density at radius 3 is 1.92 bits per heavy atom. The van der Waals surface area contributed by atoms with Gasteiger partial charge in [0.15, 0.2) is 5.82 Å². The fourth-order valence-corrected chi connectivity index (χ4v) is 4.71. The van der Waals surface area contributed by atoms with Gasteiger partial charge in [0.2, 0.25) is 0 Å². The van der Waals surface area contributed by atoms with Crippen LogP contribution in [-0.2, 0) is 19.2 Å². The highest BCUT2D eigenvalue weighted by Crippen LogP contribution is 2.42. The standard InChI is InChI=1S/C27H27N5.2C4H4O4/c1-3-31(4-2)17-18-32-26-22-11-6-5-9-20(22)13-14-23(26)25(21-10-7-15-28-19-21)30-24-12-8-16-29-27(24)32;2*5-3(6)1-2-4(7)8/h5-16,19H,3-4,17-18H2,1-2H3;2*1-2H,(H,5,6)(H,7,8)/b;2*2-1+. The van der Waals surface area contributed by atoms with Crippen LogP contribution in [0.1, 0.15) is 25.0 Å². The number of carbonyl (C=O) groups is 4. The fraction of sp³-hybridized carbons (Fsp3) is 0.171. The number of carboxylic acids is 4. The number of carboxylic acid groups (broad SMARTS) is 4. The summed E-state index contributed by atoms with van der Waals surface area (Å²) >= 11 is 0. The molecule has 0 aliphatic carbocycles. The first-order valence-corrected chi connectivity index (χ1v) is 14.8. The summed E-state index contributed by atoms with van der Waals surface area (Å²) in [4.78, 5) is 57.3. The van der Waals surface area contributed by atoms with Crippen molar-refractivity contribution in [2.24, 2.45) is 4.99 Å². The highest BCUT2D eigenvalue weighted by molar-refractivity contribution is 6.22. The van der Waals surface area contributed by atoms with E-state index in [1.165, 1.54) is 10.8 Å². The number of benzene rings is 2. The van der Waals surface area contributed by atoms with Crippen molar-refractivity contribution in [3.8, 4) is 0 Å². The van der Waals surface area contributed by atoms with Gasteiger partial charge in [-0.2, -0.15) is 0 Å². The molecule has 1 aliphatic heterocycles. The van der Waals surface area contributed by atoms with Crippen LogP contribution >= 0.6 is 0 Å². The Morgan fingerprint density at radius 2 is 1.35 bits per heavy atom. The molecule has 3 heterocycles. The average Bonchev–Trinajstić information content (AvgIpc) is 3.22. The smallest absolute Gasteiger partial charge is 0.328 e. The minimum Gasteiger partial charge on any atom is -0.478 e. The summed E-state index contributed by atoms with van der Waals surface area (Å²) in [5.74, 6) is -4.13. The summed E-state index contributed by atoms with van der Waals surface area (Å²) in [5.41, 5.74) is 5.08. The topological polar surface area (TPSA) is 194 Å². The number of pyridine rings is 2. The first-order chi connectivity index (χ1) is 23.0. The van der Waals surface area contributed by atoms with E-state index in [0.717, 1.165) is 60.2 Å². The molecule has 0 radical (unpaired) electrons. The third-order valence-electron chi connectivity index (χ3n) is 6.89. The third kappa shape index (κ3) is 10.4. The molecule has 2 aromatic heterocycles. The van der Waals surface area contributed by atoms with Crippen molar-refractivity contribution in [3.05, 3.63) is 115 Å². The zero-order valence-electron chi connectivity index (χ0n) is 26.3. The molecule has 0 spiro atoms. The molecule has 248 valence electrons. The Labute approximate surface area is 276 Å². The van der Waals surface area contributed by atoms with E-state index in [-0.39, 0.29) is 0 Å². The van der Waals surface area contributed by atoms with Gasteiger partial charge in [0, 0.05) is 72.5 Å². The minimum absolute atomic E-state index is 0.558. The van der Waals surface area contributed by atoms with Gasteiger partial charge in [-0.05, 0) is 42.7 Å². The molecule has 0 atom stereocenters. The molecule has 0 saturated carbocycles. The predicted octanol–water partition coefficient (Wildman–Crippen LogP) is 5.02. The zero-order valence-corrected chi connectivity index (χ0v) is 26.3. The summed E-state index contributed by atoms with van der Waals surface area (Å²) in [6, 6.07) is 21.0. The van der Waals surface area contributed by atoms with E-state index in [1.54, 1.807) is 6.20 Å². The number of rotatable bonds is 10. The van der Waals surface area contributed by atoms with Gasteiger partial charge in [-0.1, -0.05) is 50.2 Å². The molecule has 0 saturated heterocycles. The summed E-state index contributed by atoms with van der Waals surface area (Å²) in [6.45, 7) is 8.27. The molecule has 2 aromatic carbocycles. The van der Waals surface area contributed by atoms with E-state index in [1.807, 2.05) is 24.5 Å². The normalized spacial score (nSPS) is 11.8. The van der Waals surface area contributed by atoms with Gasteiger partial charge in [-0.15, -0.1) is 0 Å². The van der Waals surface area contributed by atoms with Gasteiger partial charge in [-0.3, -0.25) is 4.98 Å². The number of hydrogen-bond acceptors (Lipinski definition) is 9. The van der Waals surface area contributed by atoms with E-state index in [2.05, 4.69) is 77.2 Å². The number of aromatic nitrogens is 2. The SMILES string of the molecule is CCN(CC)CCN1c2ncccc2N=C(c2cccnc2)c2ccc3ccccc3c21.O=C(O)/C=C/C(=O)O.O=C(O)/C=C/C(=O)O. The van der Waals surface area contributed by atoms with Gasteiger partial charge in [-0.25, -0.2) is 29.2 Å². The lowest BCUT2D eigenvalue weighted by Gasteiger charge is -2.29. The highest BCUT2D eigenvalue weighted by atomic mass is 16.4. The number of nitrogens with zero attached hydrogens (tertiary/aromatic N) is 5. The van der Waals surface area contributed by atoms with Crippen LogP contribution in [-0.4, -0.2) is 91.1 Å². The summed E-state index contributed by atoms with van der Waals surface area (Å²) < 4.78 is 0. The summed E-state index contributed by atoms with van der Waals surface area (Å²) in [6.07, 6.45) is 7.78. The van der Waals surface area contributed by atoms with Crippen molar-refractivity contribution >= 4 is 57.6 Å². The predicted molar refractivity (Wildman–Crippen MR) is 181 cm³/mol. The van der Waals surface area contributed by atoms with Crippen molar-refractivity contribution in [2.75, 3.05) is 31.1 Å². The molecule has 13 nitrogen and oxygen atoms in total. The average molecular weight is 654 g/mol. The maximum absolute atomic E-state index is 9.55. The molecule has 0 fully saturated rings. The molecule has 0 bridgehead atoms. The van der Waals surface area contributed by atoms with Crippen molar-refractivity contribution in [1.29, 1.82) is 0 Å². The zero-order chi connectivity index (χ0) is 35.1. The molecule has 1 aliphatic rings. The maximum atomic E-state index is 9.55. The van der Waals surface area contributed by atoms with Crippen LogP contribution < -0.4 is 4.90 Å². The molecular formula is C35H35N5O8. The monoisotopic (exact) mass is 653 g/mol. The van der Waals surface area contributed by atoms with Crippen LogP contribution in [0.15, 0.2) is 109 Å². The largest absolute Gasteiger partial charge is 0.478 e. The molecule has 13 heteroatoms. The Morgan fingerprint density at radius 1 is 0.750 bits per heavy atom. The molecule has 0 amide bonds. The lowest BCUT2D eigenvalue weighted by atomic mass is 9.96. The van der Waals surface area contributed by atoms with E-state index in [9.17, 15) is 19.2 Å². The molecular weight excluding hydrogens is 618 g/mol. The molecule has 0 unspecified atom stereocenters. The molecule has 5 rings (SSSR count). The van der Waals surface area contributed by atoms with Crippen molar-refractivity contribution in [3.63, 3.8) is 0 Å². The lowest BCUT2D eigenvalue weighted by molar-refractivity contribution is -0.134. The molecule has 48 heavy (non-hydrogen) atoms. The number of anilines is 2. The number of likely N-dealkylation sites (N-methyl/N-ethyl adjacent to an activating group) is 1. The van der Waals surface area contributed by atoms with Crippen LogP contribution in [0.2, 0.25) is 0 Å². The van der Waals surface area contributed by atoms with Crippen molar-refractivity contribution in [2.45, 2.75) is 13.8 Å². The second kappa shape index (κ2) is 18.1. The Hall–Kier alpha value is -6.21.